The third-order valence-electron chi connectivity index (χ3n) is 3.37. The Hall–Kier alpha value is -1.14. The minimum atomic E-state index is 0.193. The van der Waals surface area contributed by atoms with Crippen LogP contribution in [0, 0.1) is 5.92 Å². The lowest BCUT2D eigenvalue weighted by Gasteiger charge is -2.19. The van der Waals surface area contributed by atoms with E-state index in [9.17, 15) is 0 Å². The summed E-state index contributed by atoms with van der Waals surface area (Å²) in [6.07, 6.45) is 3.81. The third-order valence-corrected chi connectivity index (χ3v) is 3.54. The van der Waals surface area contributed by atoms with Crippen LogP contribution in [0.3, 0.4) is 0 Å². The second-order valence-corrected chi connectivity index (χ2v) is 5.05. The summed E-state index contributed by atoms with van der Waals surface area (Å²) in [6, 6.07) is 0.278. The average Bonchev–Trinajstić information content (AvgIpc) is 3.10. The molecular weight excluding hydrogens is 254 g/mol. The van der Waals surface area contributed by atoms with Gasteiger partial charge in [0.05, 0.1) is 12.1 Å². The second kappa shape index (κ2) is 4.85. The molecule has 1 aliphatic heterocycles. The highest BCUT2D eigenvalue weighted by molar-refractivity contribution is 6.28. The van der Waals surface area contributed by atoms with E-state index in [1.54, 1.807) is 7.05 Å². The van der Waals surface area contributed by atoms with Crippen molar-refractivity contribution in [3.05, 3.63) is 5.28 Å². The Bertz CT molecular complexity index is 439. The number of nitrogens with one attached hydrogen (secondary N) is 2. The molecule has 1 aliphatic carbocycles. The zero-order valence-electron chi connectivity index (χ0n) is 10.2. The molecule has 2 heterocycles. The van der Waals surface area contributed by atoms with E-state index in [4.69, 9.17) is 16.3 Å². The van der Waals surface area contributed by atoms with Crippen molar-refractivity contribution in [2.45, 2.75) is 31.4 Å². The Balaban J connectivity index is 1.73. The van der Waals surface area contributed by atoms with Crippen LogP contribution in [0.5, 0.6) is 0 Å². The van der Waals surface area contributed by atoms with Gasteiger partial charge >= 0.3 is 0 Å². The smallest absolute Gasteiger partial charge is 0.229 e. The first-order valence-electron chi connectivity index (χ1n) is 6.24. The van der Waals surface area contributed by atoms with E-state index in [1.807, 2.05) is 0 Å². The van der Waals surface area contributed by atoms with Gasteiger partial charge in [-0.15, -0.1) is 0 Å². The van der Waals surface area contributed by atoms with Crippen LogP contribution in [0.2, 0.25) is 5.28 Å². The predicted octanol–water partition coefficient (Wildman–Crippen LogP) is 1.55. The first-order valence-corrected chi connectivity index (χ1v) is 6.61. The molecule has 1 aromatic rings. The third kappa shape index (κ3) is 2.49. The van der Waals surface area contributed by atoms with Crippen LogP contribution in [0.15, 0.2) is 0 Å². The fourth-order valence-corrected chi connectivity index (χ4v) is 2.51. The highest BCUT2D eigenvalue weighted by atomic mass is 35.5. The number of nitrogens with zero attached hydrogens (tertiary/aromatic N) is 3. The van der Waals surface area contributed by atoms with E-state index < -0.39 is 0 Å². The van der Waals surface area contributed by atoms with Crippen LogP contribution < -0.4 is 10.6 Å². The van der Waals surface area contributed by atoms with E-state index in [0.29, 0.717) is 23.9 Å². The molecule has 18 heavy (non-hydrogen) atoms. The van der Waals surface area contributed by atoms with Gasteiger partial charge in [-0.3, -0.25) is 0 Å². The molecule has 2 aliphatic rings. The molecule has 2 atom stereocenters. The van der Waals surface area contributed by atoms with Gasteiger partial charge in [0.15, 0.2) is 0 Å². The molecule has 0 aromatic carbocycles. The summed E-state index contributed by atoms with van der Waals surface area (Å²) in [5, 5.41) is 6.37. The molecule has 0 radical (unpaired) electrons. The molecule has 0 spiro atoms. The van der Waals surface area contributed by atoms with Crippen LogP contribution in [-0.2, 0) is 4.74 Å². The topological polar surface area (TPSA) is 72.0 Å². The SMILES string of the molecule is CNc1nc(Cl)nc(NC2CCOC2C2CC2)n1. The Morgan fingerprint density at radius 1 is 1.17 bits per heavy atom. The van der Waals surface area contributed by atoms with Crippen molar-refractivity contribution in [3.8, 4) is 0 Å². The van der Waals surface area contributed by atoms with Crippen molar-refractivity contribution in [1.29, 1.82) is 0 Å². The Morgan fingerprint density at radius 2 is 1.94 bits per heavy atom. The van der Waals surface area contributed by atoms with E-state index in [-0.39, 0.29) is 11.3 Å². The van der Waals surface area contributed by atoms with Crippen molar-refractivity contribution in [2.75, 3.05) is 24.3 Å². The van der Waals surface area contributed by atoms with Gasteiger partial charge < -0.3 is 15.4 Å². The molecule has 98 valence electrons. The highest BCUT2D eigenvalue weighted by Crippen LogP contribution is 2.39. The van der Waals surface area contributed by atoms with Crippen LogP contribution in [0.25, 0.3) is 0 Å². The summed E-state index contributed by atoms with van der Waals surface area (Å²) in [6.45, 7) is 0.802. The van der Waals surface area contributed by atoms with Crippen molar-refractivity contribution in [1.82, 2.24) is 15.0 Å². The summed E-state index contributed by atoms with van der Waals surface area (Å²) in [5.41, 5.74) is 0. The van der Waals surface area contributed by atoms with E-state index >= 15 is 0 Å². The second-order valence-electron chi connectivity index (χ2n) is 4.71. The van der Waals surface area contributed by atoms with Crippen molar-refractivity contribution in [2.24, 2.45) is 5.92 Å². The maximum atomic E-state index is 5.85. The lowest BCUT2D eigenvalue weighted by molar-refractivity contribution is 0.0897. The number of hydrogen-bond donors (Lipinski definition) is 2. The maximum absolute atomic E-state index is 5.85. The molecule has 7 heteroatoms. The summed E-state index contributed by atoms with van der Waals surface area (Å²) >= 11 is 5.85. The number of hydrogen-bond acceptors (Lipinski definition) is 6. The fraction of sp³-hybridized carbons (Fsp3) is 0.727. The normalized spacial score (nSPS) is 27.2. The van der Waals surface area contributed by atoms with Crippen LogP contribution in [-0.4, -0.2) is 40.8 Å². The number of anilines is 2. The summed E-state index contributed by atoms with van der Waals surface area (Å²) in [5.74, 6) is 1.69. The molecule has 6 nitrogen and oxygen atoms in total. The van der Waals surface area contributed by atoms with Gasteiger partial charge in [-0.05, 0) is 36.8 Å². The van der Waals surface area contributed by atoms with Crippen molar-refractivity contribution < 1.29 is 4.74 Å². The number of aromatic nitrogens is 3. The van der Waals surface area contributed by atoms with Gasteiger partial charge in [0, 0.05) is 13.7 Å². The average molecular weight is 270 g/mol. The standard InChI is InChI=1S/C11H16ClN5O/c1-13-10-15-9(12)16-11(17-10)14-7-4-5-18-8(7)6-2-3-6/h6-8H,2-5H2,1H3,(H2,13,14,15,16,17). The van der Waals surface area contributed by atoms with Gasteiger partial charge in [0.25, 0.3) is 0 Å². The minimum Gasteiger partial charge on any atom is -0.376 e. The molecule has 0 amide bonds. The molecule has 0 bridgehead atoms. The van der Waals surface area contributed by atoms with E-state index in [0.717, 1.165) is 13.0 Å². The lowest BCUT2D eigenvalue weighted by atomic mass is 10.1. The lowest BCUT2D eigenvalue weighted by Crippen LogP contribution is -2.31. The van der Waals surface area contributed by atoms with Gasteiger partial charge in [0.2, 0.25) is 17.2 Å². The Morgan fingerprint density at radius 3 is 2.67 bits per heavy atom. The van der Waals surface area contributed by atoms with Crippen molar-refractivity contribution >= 4 is 23.5 Å². The van der Waals surface area contributed by atoms with Gasteiger partial charge in [0.1, 0.15) is 0 Å². The molecule has 1 saturated carbocycles. The van der Waals surface area contributed by atoms with Crippen LogP contribution >= 0.6 is 11.6 Å². The largest absolute Gasteiger partial charge is 0.376 e. The molecule has 3 rings (SSSR count). The molecule has 1 saturated heterocycles. The highest BCUT2D eigenvalue weighted by Gasteiger charge is 2.40. The Labute approximate surface area is 111 Å². The Kier molecular flexibility index (Phi) is 3.22. The fourth-order valence-electron chi connectivity index (χ4n) is 2.35. The predicted molar refractivity (Wildman–Crippen MR) is 68.9 cm³/mol. The zero-order valence-corrected chi connectivity index (χ0v) is 10.9. The number of ether oxygens (including phenoxy) is 1. The number of rotatable bonds is 4. The van der Waals surface area contributed by atoms with Crippen LogP contribution in [0.4, 0.5) is 11.9 Å². The van der Waals surface area contributed by atoms with Gasteiger partial charge in [-0.1, -0.05) is 0 Å². The zero-order chi connectivity index (χ0) is 12.5. The van der Waals surface area contributed by atoms with E-state index in [2.05, 4.69) is 25.6 Å². The first kappa shape index (κ1) is 11.9. The van der Waals surface area contributed by atoms with E-state index in [1.165, 1.54) is 12.8 Å². The first-order chi connectivity index (χ1) is 8.76. The van der Waals surface area contributed by atoms with Gasteiger partial charge in [-0.25, -0.2) is 0 Å². The summed E-state index contributed by atoms with van der Waals surface area (Å²) in [4.78, 5) is 12.3. The maximum Gasteiger partial charge on any atom is 0.229 e. The van der Waals surface area contributed by atoms with Crippen LogP contribution in [0.1, 0.15) is 19.3 Å². The molecule has 1 aromatic heterocycles. The number of halogens is 1. The summed E-state index contributed by atoms with van der Waals surface area (Å²) in [7, 11) is 1.75. The quantitative estimate of drug-likeness (QED) is 0.864. The molecule has 2 unspecified atom stereocenters. The minimum absolute atomic E-state index is 0.193. The molecule has 2 N–H and O–H groups in total. The molecule has 2 fully saturated rings. The monoisotopic (exact) mass is 269 g/mol. The van der Waals surface area contributed by atoms with Crippen molar-refractivity contribution in [3.63, 3.8) is 0 Å². The van der Waals surface area contributed by atoms with Gasteiger partial charge in [-0.2, -0.15) is 15.0 Å². The summed E-state index contributed by atoms with van der Waals surface area (Å²) < 4.78 is 5.77. The molecular formula is C11H16ClN5O.